The summed E-state index contributed by atoms with van der Waals surface area (Å²) in [6.07, 6.45) is 1.32. The number of nitrogens with zero attached hydrogens (tertiary/aromatic N) is 2. The molecule has 33 heavy (non-hydrogen) atoms. The second-order valence-electron chi connectivity index (χ2n) is 6.87. The maximum atomic E-state index is 12.5. The van der Waals surface area contributed by atoms with Gasteiger partial charge in [0.05, 0.1) is 10.5 Å². The minimum Gasteiger partial charge on any atom is -0.423 e. The van der Waals surface area contributed by atoms with Gasteiger partial charge in [-0.05, 0) is 60.5 Å². The van der Waals surface area contributed by atoms with Crippen molar-refractivity contribution in [1.29, 1.82) is 5.26 Å². The molecule has 0 heterocycles. The number of nitrogens with one attached hydrogen (secondary N) is 1. The Morgan fingerprint density at radius 1 is 1.12 bits per heavy atom. The van der Waals surface area contributed by atoms with E-state index in [9.17, 15) is 25.0 Å². The normalized spacial score (nSPS) is 10.8. The molecule has 0 aliphatic rings. The molecular weight excluding hydrogens is 446 g/mol. The molecule has 3 aromatic rings. The van der Waals surface area contributed by atoms with Crippen molar-refractivity contribution in [1.82, 2.24) is 0 Å². The molecule has 0 fully saturated rings. The Labute approximate surface area is 193 Å². The topological polar surface area (TPSA) is 122 Å². The second-order valence-corrected chi connectivity index (χ2v) is 7.31. The van der Waals surface area contributed by atoms with Crippen molar-refractivity contribution < 1.29 is 19.2 Å². The molecule has 1 amide bonds. The summed E-state index contributed by atoms with van der Waals surface area (Å²) in [7, 11) is 0. The van der Waals surface area contributed by atoms with Crippen LogP contribution in [0.15, 0.2) is 72.3 Å². The zero-order valence-electron chi connectivity index (χ0n) is 17.2. The summed E-state index contributed by atoms with van der Waals surface area (Å²) in [5.74, 6) is -1.12. The van der Waals surface area contributed by atoms with Gasteiger partial charge in [0.25, 0.3) is 11.6 Å². The molecule has 0 saturated carbocycles. The number of aryl methyl sites for hydroxylation is 1. The van der Waals surface area contributed by atoms with E-state index in [2.05, 4.69) is 5.32 Å². The van der Waals surface area contributed by atoms with Gasteiger partial charge in [-0.1, -0.05) is 35.9 Å². The Morgan fingerprint density at radius 2 is 1.85 bits per heavy atom. The maximum Gasteiger partial charge on any atom is 0.343 e. The number of carbonyl (C=O) groups excluding carboxylic acids is 2. The summed E-state index contributed by atoms with van der Waals surface area (Å²) >= 11 is 5.88. The summed E-state index contributed by atoms with van der Waals surface area (Å²) < 4.78 is 5.29. The molecule has 8 nitrogen and oxygen atoms in total. The number of nitriles is 1. The first-order chi connectivity index (χ1) is 15.8. The lowest BCUT2D eigenvalue weighted by Crippen LogP contribution is -2.14. The highest BCUT2D eigenvalue weighted by Gasteiger charge is 2.18. The number of hydrogen-bond acceptors (Lipinski definition) is 6. The lowest BCUT2D eigenvalue weighted by molar-refractivity contribution is -0.384. The number of ether oxygens (including phenoxy) is 1. The van der Waals surface area contributed by atoms with Crippen molar-refractivity contribution in [2.45, 2.75) is 6.92 Å². The highest BCUT2D eigenvalue weighted by atomic mass is 35.5. The van der Waals surface area contributed by atoms with Crippen LogP contribution in [0, 0.1) is 28.4 Å². The largest absolute Gasteiger partial charge is 0.423 e. The van der Waals surface area contributed by atoms with Crippen LogP contribution in [-0.4, -0.2) is 16.8 Å². The number of amides is 1. The van der Waals surface area contributed by atoms with E-state index in [1.807, 2.05) is 0 Å². The minimum absolute atomic E-state index is 0.0139. The van der Waals surface area contributed by atoms with Crippen LogP contribution in [0.4, 0.5) is 11.4 Å². The predicted molar refractivity (Wildman–Crippen MR) is 123 cm³/mol. The summed E-state index contributed by atoms with van der Waals surface area (Å²) in [4.78, 5) is 35.3. The molecule has 0 atom stereocenters. The summed E-state index contributed by atoms with van der Waals surface area (Å²) in [6, 6.07) is 18.6. The van der Waals surface area contributed by atoms with Gasteiger partial charge in [-0.2, -0.15) is 5.26 Å². The Morgan fingerprint density at radius 3 is 2.48 bits per heavy atom. The molecule has 0 aromatic heterocycles. The van der Waals surface area contributed by atoms with E-state index in [0.717, 1.165) is 0 Å². The zero-order chi connectivity index (χ0) is 24.0. The first-order valence-electron chi connectivity index (χ1n) is 9.53. The molecule has 164 valence electrons. The maximum absolute atomic E-state index is 12.5. The molecular formula is C24H16ClN3O5. The van der Waals surface area contributed by atoms with Gasteiger partial charge in [-0.3, -0.25) is 14.9 Å². The molecule has 3 aromatic carbocycles. The summed E-state index contributed by atoms with van der Waals surface area (Å²) in [5, 5.41) is 23.4. The Kier molecular flexibility index (Phi) is 7.18. The van der Waals surface area contributed by atoms with Gasteiger partial charge >= 0.3 is 5.97 Å². The van der Waals surface area contributed by atoms with Gasteiger partial charge in [-0.15, -0.1) is 0 Å². The van der Waals surface area contributed by atoms with Crippen LogP contribution in [0.5, 0.6) is 5.75 Å². The lowest BCUT2D eigenvalue weighted by atomic mass is 10.1. The van der Waals surface area contributed by atoms with Crippen molar-refractivity contribution in [2.75, 3.05) is 5.32 Å². The molecule has 9 heteroatoms. The molecule has 0 aliphatic heterocycles. The van der Waals surface area contributed by atoms with Gasteiger partial charge in [0.1, 0.15) is 23.1 Å². The van der Waals surface area contributed by atoms with Crippen molar-refractivity contribution in [2.24, 2.45) is 0 Å². The third-order valence-corrected chi connectivity index (χ3v) is 4.66. The minimum atomic E-state index is -0.791. The number of nitro benzene ring substituents is 1. The SMILES string of the molecule is Cc1ccc(NC(=O)/C(C#N)=C/c2ccc(OC(=O)c3cccc(Cl)c3)cc2)c([N+](=O)[O-])c1. The third kappa shape index (κ3) is 6.03. The zero-order valence-corrected chi connectivity index (χ0v) is 18.0. The number of nitro groups is 1. The van der Waals surface area contributed by atoms with Gasteiger partial charge in [0, 0.05) is 11.1 Å². The molecule has 3 rings (SSSR count). The van der Waals surface area contributed by atoms with Crippen LogP contribution in [-0.2, 0) is 4.79 Å². The van der Waals surface area contributed by atoms with Crippen LogP contribution < -0.4 is 10.1 Å². The summed E-state index contributed by atoms with van der Waals surface area (Å²) in [6.45, 7) is 1.69. The molecule has 0 unspecified atom stereocenters. The van der Waals surface area contributed by atoms with Crippen molar-refractivity contribution in [3.8, 4) is 11.8 Å². The van der Waals surface area contributed by atoms with Gasteiger partial charge < -0.3 is 10.1 Å². The molecule has 0 saturated heterocycles. The third-order valence-electron chi connectivity index (χ3n) is 4.43. The molecule has 0 radical (unpaired) electrons. The van der Waals surface area contributed by atoms with Gasteiger partial charge in [0.15, 0.2) is 0 Å². The average Bonchev–Trinajstić information content (AvgIpc) is 2.79. The highest BCUT2D eigenvalue weighted by Crippen LogP contribution is 2.26. The molecule has 0 bridgehead atoms. The second kappa shape index (κ2) is 10.2. The average molecular weight is 462 g/mol. The number of anilines is 1. The monoisotopic (exact) mass is 461 g/mol. The van der Waals surface area contributed by atoms with E-state index in [1.54, 1.807) is 49.4 Å². The van der Waals surface area contributed by atoms with Crippen LogP contribution >= 0.6 is 11.6 Å². The number of rotatable bonds is 6. The molecule has 1 N–H and O–H groups in total. The van der Waals surface area contributed by atoms with Crippen molar-refractivity contribution in [3.05, 3.63) is 104 Å². The van der Waals surface area contributed by atoms with Crippen molar-refractivity contribution in [3.63, 3.8) is 0 Å². The lowest BCUT2D eigenvalue weighted by Gasteiger charge is -2.07. The van der Waals surface area contributed by atoms with Crippen molar-refractivity contribution >= 4 is 40.9 Å². The van der Waals surface area contributed by atoms with E-state index >= 15 is 0 Å². The van der Waals surface area contributed by atoms with Crippen LogP contribution in [0.25, 0.3) is 6.08 Å². The Bertz CT molecular complexity index is 1310. The smallest absolute Gasteiger partial charge is 0.343 e. The van der Waals surface area contributed by atoms with E-state index < -0.39 is 16.8 Å². The first kappa shape index (κ1) is 23.2. The number of hydrogen-bond donors (Lipinski definition) is 1. The number of halogens is 1. The fourth-order valence-corrected chi connectivity index (χ4v) is 3.01. The number of esters is 1. The van der Waals surface area contributed by atoms with Crippen LogP contribution in [0.2, 0.25) is 5.02 Å². The molecule has 0 spiro atoms. The van der Waals surface area contributed by atoms with Gasteiger partial charge in [-0.25, -0.2) is 4.79 Å². The van der Waals surface area contributed by atoms with E-state index in [0.29, 0.717) is 21.7 Å². The summed E-state index contributed by atoms with van der Waals surface area (Å²) in [5.41, 5.74) is 0.898. The molecule has 0 aliphatic carbocycles. The fourth-order valence-electron chi connectivity index (χ4n) is 2.82. The Balaban J connectivity index is 1.74. The van der Waals surface area contributed by atoms with E-state index in [4.69, 9.17) is 16.3 Å². The predicted octanol–water partition coefficient (Wildman–Crippen LogP) is 5.32. The number of benzene rings is 3. The fraction of sp³-hybridized carbons (Fsp3) is 0.0417. The van der Waals surface area contributed by atoms with Gasteiger partial charge in [0.2, 0.25) is 0 Å². The highest BCUT2D eigenvalue weighted by molar-refractivity contribution is 6.30. The Hall–Kier alpha value is -4.48. The number of carbonyl (C=O) groups is 2. The van der Waals surface area contributed by atoms with E-state index in [1.165, 1.54) is 36.4 Å². The first-order valence-corrected chi connectivity index (χ1v) is 9.90. The van der Waals surface area contributed by atoms with Crippen LogP contribution in [0.1, 0.15) is 21.5 Å². The van der Waals surface area contributed by atoms with Crippen LogP contribution in [0.3, 0.4) is 0 Å². The standard InChI is InChI=1S/C24H16ClN3O5/c1-15-5-10-21(22(11-15)28(31)32)27-23(29)18(14-26)12-16-6-8-20(9-7-16)33-24(30)17-3-2-4-19(25)13-17/h2-13H,1H3,(H,27,29)/b18-12+. The van der Waals surface area contributed by atoms with E-state index in [-0.39, 0.29) is 22.7 Å². The quantitative estimate of drug-likeness (QED) is 0.132.